The number of halogens is 3. The third-order valence-electron chi connectivity index (χ3n) is 0.203. The van der Waals surface area contributed by atoms with E-state index in [4.69, 9.17) is 39.6 Å². The molecule has 0 rings (SSSR count). The Labute approximate surface area is 62.0 Å². The second kappa shape index (κ2) is 2.86. The first-order valence-corrected chi connectivity index (χ1v) is 3.80. The van der Waals surface area contributed by atoms with E-state index >= 15 is 0 Å². The zero-order valence-corrected chi connectivity index (χ0v) is 6.67. The third kappa shape index (κ3) is 6.49. The molecule has 0 bridgehead atoms. The standard InChI is InChI=1S/CHCl3O3Si/c2-1(3,4)7-8(5)6/h5H. The highest BCUT2D eigenvalue weighted by Crippen LogP contribution is 2.26. The average molecular weight is 195 g/mol. The highest BCUT2D eigenvalue weighted by molar-refractivity contribution is 6.67. The molecule has 0 saturated carbocycles. The Kier molecular flexibility index (Phi) is 3.04. The van der Waals surface area contributed by atoms with Gasteiger partial charge in [0, 0.05) is 0 Å². The van der Waals surface area contributed by atoms with Crippen molar-refractivity contribution < 1.29 is 13.7 Å². The molecular formula is CHCl3O3Si. The molecule has 48 valence electrons. The minimum absolute atomic E-state index is 2.08. The van der Waals surface area contributed by atoms with Crippen LogP contribution in [-0.4, -0.2) is 17.9 Å². The van der Waals surface area contributed by atoms with Crippen molar-refractivity contribution in [2.45, 2.75) is 3.98 Å². The first kappa shape index (κ1) is 8.49. The number of rotatable bonds is 1. The Morgan fingerprint density at radius 1 is 1.50 bits per heavy atom. The van der Waals surface area contributed by atoms with Gasteiger partial charge in [0.1, 0.15) is 0 Å². The van der Waals surface area contributed by atoms with Crippen molar-refractivity contribution in [1.29, 1.82) is 0 Å². The van der Waals surface area contributed by atoms with Crippen LogP contribution in [0.25, 0.3) is 0 Å². The zero-order chi connectivity index (χ0) is 6.78. The summed E-state index contributed by atoms with van der Waals surface area (Å²) in [6.45, 7) is 0. The van der Waals surface area contributed by atoms with Crippen molar-refractivity contribution in [3.8, 4) is 0 Å². The minimum Gasteiger partial charge on any atom is -0.511 e. The molecule has 0 amide bonds. The van der Waals surface area contributed by atoms with Crippen molar-refractivity contribution in [3.63, 3.8) is 0 Å². The third-order valence-corrected chi connectivity index (χ3v) is 1.30. The Hall–Kier alpha value is 0.487. The summed E-state index contributed by atoms with van der Waals surface area (Å²) >= 11 is 14.7. The lowest BCUT2D eigenvalue weighted by molar-refractivity contribution is 0.223. The van der Waals surface area contributed by atoms with Gasteiger partial charge in [0.05, 0.1) is 0 Å². The highest BCUT2D eigenvalue weighted by Gasteiger charge is 2.26. The Morgan fingerprint density at radius 2 is 1.88 bits per heavy atom. The van der Waals surface area contributed by atoms with Crippen LogP contribution >= 0.6 is 34.8 Å². The summed E-state index contributed by atoms with van der Waals surface area (Å²) in [5.74, 6) is 0. The van der Waals surface area contributed by atoms with E-state index in [9.17, 15) is 4.46 Å². The normalized spacial score (nSPS) is 10.9. The summed E-state index contributed by atoms with van der Waals surface area (Å²) in [4.78, 5) is 7.96. The Bertz CT molecular complexity index is 97.2. The molecule has 7 heteroatoms. The highest BCUT2D eigenvalue weighted by atomic mass is 35.6. The summed E-state index contributed by atoms with van der Waals surface area (Å²) in [5.41, 5.74) is 0. The molecule has 0 radical (unpaired) electrons. The van der Waals surface area contributed by atoms with Gasteiger partial charge in [0.2, 0.25) is 0 Å². The van der Waals surface area contributed by atoms with Crippen LogP contribution in [0, 0.1) is 0 Å². The molecular weight excluding hydrogens is 194 g/mol. The van der Waals surface area contributed by atoms with Gasteiger partial charge in [-0.15, -0.1) is 0 Å². The van der Waals surface area contributed by atoms with E-state index in [1.807, 2.05) is 0 Å². The molecule has 1 N–H and O–H groups in total. The summed E-state index contributed by atoms with van der Waals surface area (Å²) in [5, 5.41) is 0. The van der Waals surface area contributed by atoms with Gasteiger partial charge in [0.25, 0.3) is 0 Å². The van der Waals surface area contributed by atoms with E-state index < -0.39 is 13.1 Å². The van der Waals surface area contributed by atoms with Crippen LogP contribution in [-0.2, 0) is 8.89 Å². The maximum atomic E-state index is 9.72. The molecule has 0 aromatic carbocycles. The number of alkyl halides is 3. The Balaban J connectivity index is 3.55. The van der Waals surface area contributed by atoms with Crippen molar-refractivity contribution in [3.05, 3.63) is 0 Å². The molecule has 0 unspecified atom stereocenters. The fourth-order valence-electron chi connectivity index (χ4n) is 0.0990. The van der Waals surface area contributed by atoms with Crippen LogP contribution in [0.2, 0.25) is 0 Å². The van der Waals surface area contributed by atoms with Crippen LogP contribution < -0.4 is 0 Å². The van der Waals surface area contributed by atoms with Crippen LogP contribution in [0.3, 0.4) is 0 Å². The van der Waals surface area contributed by atoms with Crippen molar-refractivity contribution in [1.82, 2.24) is 0 Å². The van der Waals surface area contributed by atoms with Crippen LogP contribution in [0.1, 0.15) is 0 Å². The van der Waals surface area contributed by atoms with Gasteiger partial charge < -0.3 is 9.22 Å². The van der Waals surface area contributed by atoms with E-state index in [1.165, 1.54) is 0 Å². The topological polar surface area (TPSA) is 46.5 Å². The van der Waals surface area contributed by atoms with Crippen molar-refractivity contribution in [2.75, 3.05) is 0 Å². The fraction of sp³-hybridized carbons (Fsp3) is 1.00. The summed E-state index contributed by atoms with van der Waals surface area (Å²) in [6, 6.07) is 0. The van der Waals surface area contributed by atoms with Crippen LogP contribution in [0.15, 0.2) is 0 Å². The zero-order valence-electron chi connectivity index (χ0n) is 3.40. The van der Waals surface area contributed by atoms with Gasteiger partial charge in [-0.3, -0.25) is 4.46 Å². The second-order valence-corrected chi connectivity index (χ2v) is 3.73. The van der Waals surface area contributed by atoms with E-state index in [-0.39, 0.29) is 0 Å². The lowest BCUT2D eigenvalue weighted by Crippen LogP contribution is -2.16. The molecule has 0 atom stereocenters. The van der Waals surface area contributed by atoms with Crippen molar-refractivity contribution >= 4 is 44.0 Å². The summed E-state index contributed by atoms with van der Waals surface area (Å²) < 4.78 is 11.5. The maximum Gasteiger partial charge on any atom is 0.767 e. The predicted octanol–water partition coefficient (Wildman–Crippen LogP) is 0.738. The van der Waals surface area contributed by atoms with Gasteiger partial charge in [-0.1, -0.05) is 0 Å². The second-order valence-electron chi connectivity index (χ2n) is 0.814. The van der Waals surface area contributed by atoms with E-state index in [1.54, 1.807) is 0 Å². The SMILES string of the molecule is O=[Si](O)OC(Cl)(Cl)Cl. The predicted molar refractivity (Wildman–Crippen MR) is 30.0 cm³/mol. The molecule has 0 aromatic heterocycles. The van der Waals surface area contributed by atoms with Crippen molar-refractivity contribution in [2.24, 2.45) is 0 Å². The lowest BCUT2D eigenvalue weighted by Gasteiger charge is -2.07. The molecule has 0 aliphatic carbocycles. The molecule has 0 spiro atoms. The smallest absolute Gasteiger partial charge is 0.511 e. The van der Waals surface area contributed by atoms with Gasteiger partial charge in [0.15, 0.2) is 0 Å². The van der Waals surface area contributed by atoms with E-state index in [2.05, 4.69) is 4.43 Å². The van der Waals surface area contributed by atoms with Gasteiger partial charge in [-0.05, 0) is 34.8 Å². The molecule has 0 saturated heterocycles. The largest absolute Gasteiger partial charge is 0.767 e. The van der Waals surface area contributed by atoms with Crippen LogP contribution in [0.5, 0.6) is 0 Å². The van der Waals surface area contributed by atoms with E-state index in [0.29, 0.717) is 0 Å². The van der Waals surface area contributed by atoms with Gasteiger partial charge >= 0.3 is 13.1 Å². The first-order valence-electron chi connectivity index (χ1n) is 1.40. The molecule has 3 nitrogen and oxygen atoms in total. The molecule has 0 fully saturated rings. The quantitative estimate of drug-likeness (QED) is 0.496. The summed E-state index contributed by atoms with van der Waals surface area (Å²) in [7, 11) is -3.14. The average Bonchev–Trinajstić information content (AvgIpc) is 1.21. The molecule has 0 aliphatic rings. The maximum absolute atomic E-state index is 9.72. The monoisotopic (exact) mass is 194 g/mol. The van der Waals surface area contributed by atoms with Gasteiger partial charge in [-0.25, -0.2) is 0 Å². The molecule has 0 aromatic rings. The number of hydrogen-bond acceptors (Lipinski definition) is 2. The molecule has 8 heavy (non-hydrogen) atoms. The minimum atomic E-state index is -3.14. The Morgan fingerprint density at radius 3 is 1.88 bits per heavy atom. The number of hydrogen-bond donors (Lipinski definition) is 1. The summed E-state index contributed by atoms with van der Waals surface area (Å²) in [6.07, 6.45) is 0. The van der Waals surface area contributed by atoms with E-state index in [0.717, 1.165) is 0 Å². The molecule has 0 heterocycles. The van der Waals surface area contributed by atoms with Crippen LogP contribution in [0.4, 0.5) is 0 Å². The van der Waals surface area contributed by atoms with Gasteiger partial charge in [-0.2, -0.15) is 0 Å². The fourth-order valence-corrected chi connectivity index (χ4v) is 0.891. The molecule has 0 aliphatic heterocycles. The lowest BCUT2D eigenvalue weighted by atomic mass is 11.7. The first-order chi connectivity index (χ1) is 3.42.